The van der Waals surface area contributed by atoms with Crippen LogP contribution >= 0.6 is 11.3 Å². The summed E-state index contributed by atoms with van der Waals surface area (Å²) in [7, 11) is 1.85. The lowest BCUT2D eigenvalue weighted by Gasteiger charge is -2.06. The zero-order valence-electron chi connectivity index (χ0n) is 14.5. The summed E-state index contributed by atoms with van der Waals surface area (Å²) in [6.07, 6.45) is -2.49. The Labute approximate surface area is 156 Å². The van der Waals surface area contributed by atoms with Gasteiger partial charge in [-0.25, -0.2) is 0 Å². The van der Waals surface area contributed by atoms with Gasteiger partial charge in [-0.05, 0) is 24.6 Å². The summed E-state index contributed by atoms with van der Waals surface area (Å²) < 4.78 is 41.6. The standard InChI is InChI=1S/C17H15F3N6S/c1-3-4-12-9-13(25(2)23-12)15-24-26-14(21-22-16(26)27-15)10-5-7-11(8-6-10)17(18,19)20/h5-9H,3-4H2,1-2H3. The largest absolute Gasteiger partial charge is 0.416 e. The predicted molar refractivity (Wildman–Crippen MR) is 95.3 cm³/mol. The molecule has 4 rings (SSSR count). The molecule has 0 aliphatic carbocycles. The van der Waals surface area contributed by atoms with Gasteiger partial charge in [0.15, 0.2) is 10.8 Å². The summed E-state index contributed by atoms with van der Waals surface area (Å²) in [6, 6.07) is 6.81. The molecule has 0 N–H and O–H groups in total. The first-order valence-electron chi connectivity index (χ1n) is 8.30. The highest BCUT2D eigenvalue weighted by atomic mass is 32.1. The third kappa shape index (κ3) is 3.20. The van der Waals surface area contributed by atoms with Crippen LogP contribution in [-0.2, 0) is 19.6 Å². The van der Waals surface area contributed by atoms with E-state index in [9.17, 15) is 13.2 Å². The Morgan fingerprint density at radius 3 is 2.48 bits per heavy atom. The molecule has 0 atom stereocenters. The first kappa shape index (κ1) is 17.7. The highest BCUT2D eigenvalue weighted by Gasteiger charge is 2.30. The molecule has 3 aromatic heterocycles. The molecule has 3 heterocycles. The van der Waals surface area contributed by atoms with Crippen molar-refractivity contribution in [3.63, 3.8) is 0 Å². The number of benzene rings is 1. The fraction of sp³-hybridized carbons (Fsp3) is 0.294. The number of hydrogen-bond acceptors (Lipinski definition) is 5. The number of aryl methyl sites for hydroxylation is 2. The maximum Gasteiger partial charge on any atom is 0.416 e. The van der Waals surface area contributed by atoms with Crippen LogP contribution in [0.2, 0.25) is 0 Å². The molecule has 0 spiro atoms. The van der Waals surface area contributed by atoms with Crippen molar-refractivity contribution in [1.29, 1.82) is 0 Å². The third-order valence-electron chi connectivity index (χ3n) is 4.12. The molecule has 10 heteroatoms. The number of alkyl halides is 3. The first-order chi connectivity index (χ1) is 12.9. The van der Waals surface area contributed by atoms with E-state index in [0.717, 1.165) is 41.4 Å². The first-order valence-corrected chi connectivity index (χ1v) is 9.11. The van der Waals surface area contributed by atoms with Gasteiger partial charge in [-0.2, -0.15) is 27.9 Å². The Bertz CT molecular complexity index is 1090. The lowest BCUT2D eigenvalue weighted by Crippen LogP contribution is -2.04. The zero-order valence-corrected chi connectivity index (χ0v) is 15.3. The molecule has 0 unspecified atom stereocenters. The Morgan fingerprint density at radius 2 is 1.81 bits per heavy atom. The Balaban J connectivity index is 1.72. The van der Waals surface area contributed by atoms with Crippen LogP contribution in [0.15, 0.2) is 30.3 Å². The minimum absolute atomic E-state index is 0.400. The summed E-state index contributed by atoms with van der Waals surface area (Å²) in [5.74, 6) is 0.400. The van der Waals surface area contributed by atoms with Gasteiger partial charge in [0.2, 0.25) is 4.96 Å². The van der Waals surface area contributed by atoms with Crippen molar-refractivity contribution in [2.75, 3.05) is 0 Å². The van der Waals surface area contributed by atoms with E-state index >= 15 is 0 Å². The molecule has 1 aromatic carbocycles. The molecule has 27 heavy (non-hydrogen) atoms. The molecule has 0 aliphatic rings. The monoisotopic (exact) mass is 392 g/mol. The highest BCUT2D eigenvalue weighted by Crippen LogP contribution is 2.32. The quantitative estimate of drug-likeness (QED) is 0.522. The molecular formula is C17H15F3N6S. The summed E-state index contributed by atoms with van der Waals surface area (Å²) in [5, 5.41) is 17.9. The number of halogens is 3. The normalized spacial score (nSPS) is 12.2. The maximum atomic E-state index is 12.7. The van der Waals surface area contributed by atoms with Gasteiger partial charge in [-0.3, -0.25) is 4.68 Å². The summed E-state index contributed by atoms with van der Waals surface area (Å²) >= 11 is 1.36. The second-order valence-electron chi connectivity index (χ2n) is 6.09. The molecule has 0 fully saturated rings. The molecule has 140 valence electrons. The fourth-order valence-electron chi connectivity index (χ4n) is 2.81. The van der Waals surface area contributed by atoms with Crippen molar-refractivity contribution in [3.05, 3.63) is 41.6 Å². The Kier molecular flexibility index (Phi) is 4.22. The predicted octanol–water partition coefficient (Wildman–Crippen LogP) is 4.22. The van der Waals surface area contributed by atoms with E-state index < -0.39 is 11.7 Å². The van der Waals surface area contributed by atoms with E-state index in [2.05, 4.69) is 27.3 Å². The van der Waals surface area contributed by atoms with E-state index in [-0.39, 0.29) is 0 Å². The molecule has 0 saturated carbocycles. The van der Waals surface area contributed by atoms with E-state index in [0.29, 0.717) is 16.3 Å². The van der Waals surface area contributed by atoms with Crippen LogP contribution in [-0.4, -0.2) is 29.6 Å². The van der Waals surface area contributed by atoms with Crippen molar-refractivity contribution >= 4 is 16.3 Å². The van der Waals surface area contributed by atoms with Crippen LogP contribution in [0.4, 0.5) is 13.2 Å². The van der Waals surface area contributed by atoms with E-state index in [1.165, 1.54) is 23.5 Å². The van der Waals surface area contributed by atoms with Gasteiger partial charge >= 0.3 is 6.18 Å². The van der Waals surface area contributed by atoms with Crippen LogP contribution in [0.25, 0.3) is 27.1 Å². The van der Waals surface area contributed by atoms with Gasteiger partial charge in [0.05, 0.1) is 17.0 Å². The van der Waals surface area contributed by atoms with Gasteiger partial charge in [0.25, 0.3) is 0 Å². The molecule has 0 amide bonds. The molecule has 4 aromatic rings. The number of aromatic nitrogens is 6. The van der Waals surface area contributed by atoms with Crippen molar-refractivity contribution in [3.8, 4) is 22.1 Å². The Hall–Kier alpha value is -2.75. The lowest BCUT2D eigenvalue weighted by molar-refractivity contribution is -0.137. The minimum Gasteiger partial charge on any atom is -0.265 e. The van der Waals surface area contributed by atoms with E-state index in [1.54, 1.807) is 9.20 Å². The van der Waals surface area contributed by atoms with Gasteiger partial charge in [-0.15, -0.1) is 10.2 Å². The smallest absolute Gasteiger partial charge is 0.265 e. The molecule has 0 radical (unpaired) electrons. The summed E-state index contributed by atoms with van der Waals surface area (Å²) in [5.41, 5.74) is 1.67. The van der Waals surface area contributed by atoms with Crippen molar-refractivity contribution in [1.82, 2.24) is 29.6 Å². The van der Waals surface area contributed by atoms with Crippen molar-refractivity contribution in [2.24, 2.45) is 7.05 Å². The van der Waals surface area contributed by atoms with Crippen LogP contribution in [0, 0.1) is 0 Å². The SMILES string of the molecule is CCCc1cc(-c2nn3c(-c4ccc(C(F)(F)F)cc4)nnc3s2)n(C)n1. The van der Waals surface area contributed by atoms with Crippen LogP contribution in [0.3, 0.4) is 0 Å². The average molecular weight is 392 g/mol. The summed E-state index contributed by atoms with van der Waals surface area (Å²) in [4.78, 5) is 0.568. The molecule has 0 saturated heterocycles. The molecule has 0 bridgehead atoms. The topological polar surface area (TPSA) is 60.9 Å². The van der Waals surface area contributed by atoms with Crippen molar-refractivity contribution < 1.29 is 13.2 Å². The molecule has 0 aliphatic heterocycles. The Morgan fingerprint density at radius 1 is 1.07 bits per heavy atom. The number of rotatable bonds is 4. The summed E-state index contributed by atoms with van der Waals surface area (Å²) in [6.45, 7) is 2.09. The third-order valence-corrected chi connectivity index (χ3v) is 5.04. The second-order valence-corrected chi connectivity index (χ2v) is 7.05. The number of fused-ring (bicyclic) bond motifs is 1. The average Bonchev–Trinajstić information content (AvgIpc) is 3.28. The number of nitrogens with zero attached hydrogens (tertiary/aromatic N) is 6. The van der Waals surface area contributed by atoms with Crippen LogP contribution < -0.4 is 0 Å². The van der Waals surface area contributed by atoms with E-state index in [1.807, 2.05) is 13.1 Å². The highest BCUT2D eigenvalue weighted by molar-refractivity contribution is 7.19. The second kappa shape index (κ2) is 6.45. The van der Waals surface area contributed by atoms with Gasteiger partial charge in [0, 0.05) is 12.6 Å². The van der Waals surface area contributed by atoms with Crippen LogP contribution in [0.1, 0.15) is 24.6 Å². The van der Waals surface area contributed by atoms with Gasteiger partial charge in [-0.1, -0.05) is 36.8 Å². The van der Waals surface area contributed by atoms with Crippen LogP contribution in [0.5, 0.6) is 0 Å². The zero-order chi connectivity index (χ0) is 19.2. The minimum atomic E-state index is -4.37. The maximum absolute atomic E-state index is 12.7. The molecule has 6 nitrogen and oxygen atoms in total. The van der Waals surface area contributed by atoms with E-state index in [4.69, 9.17) is 0 Å². The fourth-order valence-corrected chi connectivity index (χ4v) is 3.70. The number of hydrogen-bond donors (Lipinski definition) is 0. The van der Waals surface area contributed by atoms with Crippen molar-refractivity contribution in [2.45, 2.75) is 25.9 Å². The van der Waals surface area contributed by atoms with Gasteiger partial charge in [0.1, 0.15) is 0 Å². The molecular weight excluding hydrogens is 377 g/mol. The van der Waals surface area contributed by atoms with Gasteiger partial charge < -0.3 is 0 Å². The lowest BCUT2D eigenvalue weighted by atomic mass is 10.1.